The summed E-state index contributed by atoms with van der Waals surface area (Å²) in [5, 5.41) is 10.7. The van der Waals surface area contributed by atoms with Gasteiger partial charge in [0.15, 0.2) is 0 Å². The van der Waals surface area contributed by atoms with Crippen molar-refractivity contribution in [3.8, 4) is 17.2 Å². The van der Waals surface area contributed by atoms with Crippen LogP contribution in [0.3, 0.4) is 0 Å². The van der Waals surface area contributed by atoms with Gasteiger partial charge in [-0.3, -0.25) is 10.1 Å². The number of non-ortho nitro benzene ring substituents is 1. The highest BCUT2D eigenvalue weighted by Gasteiger charge is 2.14. The zero-order chi connectivity index (χ0) is 22.9. The molecule has 0 bridgehead atoms. The summed E-state index contributed by atoms with van der Waals surface area (Å²) in [6, 6.07) is 20.4. The highest BCUT2D eigenvalue weighted by molar-refractivity contribution is 5.88. The lowest BCUT2D eigenvalue weighted by atomic mass is 9.95. The predicted molar refractivity (Wildman–Crippen MR) is 121 cm³/mol. The van der Waals surface area contributed by atoms with Crippen molar-refractivity contribution in [2.75, 3.05) is 14.2 Å². The van der Waals surface area contributed by atoms with Gasteiger partial charge in [0.2, 0.25) is 0 Å². The highest BCUT2D eigenvalue weighted by Crippen LogP contribution is 2.35. The summed E-state index contributed by atoms with van der Waals surface area (Å²) in [7, 11) is 3.19. The minimum atomic E-state index is -0.616. The van der Waals surface area contributed by atoms with E-state index >= 15 is 0 Å². The average Bonchev–Trinajstić information content (AvgIpc) is 2.82. The third-order valence-corrected chi connectivity index (χ3v) is 4.56. The van der Waals surface area contributed by atoms with E-state index in [1.165, 1.54) is 30.3 Å². The summed E-state index contributed by atoms with van der Waals surface area (Å²) in [4.78, 5) is 22.4. The number of ether oxygens (including phenoxy) is 3. The Balaban J connectivity index is 1.89. The maximum Gasteiger partial charge on any atom is 0.336 e. The van der Waals surface area contributed by atoms with Crippen LogP contribution in [0, 0.1) is 10.1 Å². The Morgan fingerprint density at radius 3 is 1.88 bits per heavy atom. The first-order valence-electron chi connectivity index (χ1n) is 9.65. The SMILES string of the molecule is COc1ccccc1C(=CC=CC(=O)Oc1ccc([N+](=O)[O-])cc1)c1ccccc1OC. The van der Waals surface area contributed by atoms with Crippen molar-refractivity contribution in [1.29, 1.82) is 0 Å². The number of nitrogens with zero attached hydrogens (tertiary/aromatic N) is 1. The largest absolute Gasteiger partial charge is 0.496 e. The number of para-hydroxylation sites is 2. The number of esters is 1. The van der Waals surface area contributed by atoms with Gasteiger partial charge in [0.05, 0.1) is 19.1 Å². The minimum absolute atomic E-state index is 0.0819. The predicted octanol–water partition coefficient (Wildman–Crippen LogP) is 5.21. The molecule has 3 aromatic carbocycles. The van der Waals surface area contributed by atoms with Crippen molar-refractivity contribution < 1.29 is 23.9 Å². The molecular formula is C25H21NO6. The van der Waals surface area contributed by atoms with Crippen LogP contribution in [0.4, 0.5) is 5.69 Å². The van der Waals surface area contributed by atoms with E-state index < -0.39 is 10.9 Å². The number of allylic oxidation sites excluding steroid dienone is 2. The van der Waals surface area contributed by atoms with Gasteiger partial charge in [-0.2, -0.15) is 0 Å². The van der Waals surface area contributed by atoms with Gasteiger partial charge in [0, 0.05) is 29.3 Å². The van der Waals surface area contributed by atoms with E-state index in [1.54, 1.807) is 26.4 Å². The van der Waals surface area contributed by atoms with Gasteiger partial charge < -0.3 is 14.2 Å². The molecule has 0 atom stereocenters. The molecule has 0 saturated carbocycles. The molecule has 0 amide bonds. The summed E-state index contributed by atoms with van der Waals surface area (Å²) in [5.74, 6) is 0.941. The van der Waals surface area contributed by atoms with E-state index in [4.69, 9.17) is 14.2 Å². The Morgan fingerprint density at radius 2 is 1.38 bits per heavy atom. The summed E-state index contributed by atoms with van der Waals surface area (Å²) in [6.45, 7) is 0. The third-order valence-electron chi connectivity index (χ3n) is 4.56. The van der Waals surface area contributed by atoms with Gasteiger partial charge in [0.1, 0.15) is 17.2 Å². The molecule has 162 valence electrons. The van der Waals surface area contributed by atoms with E-state index in [1.807, 2.05) is 48.5 Å². The lowest BCUT2D eigenvalue weighted by Crippen LogP contribution is -2.03. The topological polar surface area (TPSA) is 87.9 Å². The molecule has 0 aromatic heterocycles. The Kier molecular flexibility index (Phi) is 7.37. The van der Waals surface area contributed by atoms with Crippen LogP contribution in [0.2, 0.25) is 0 Å². The highest BCUT2D eigenvalue weighted by atomic mass is 16.6. The van der Waals surface area contributed by atoms with Crippen molar-refractivity contribution in [1.82, 2.24) is 0 Å². The molecule has 0 heterocycles. The first-order valence-corrected chi connectivity index (χ1v) is 9.65. The van der Waals surface area contributed by atoms with Gasteiger partial charge in [-0.1, -0.05) is 48.6 Å². The van der Waals surface area contributed by atoms with Crippen molar-refractivity contribution in [2.45, 2.75) is 0 Å². The normalized spacial score (nSPS) is 10.4. The molecule has 0 aliphatic rings. The van der Waals surface area contributed by atoms with Crippen molar-refractivity contribution in [3.63, 3.8) is 0 Å². The average molecular weight is 431 g/mol. The fourth-order valence-electron chi connectivity index (χ4n) is 3.07. The van der Waals surface area contributed by atoms with Crippen LogP contribution in [0.15, 0.2) is 91.0 Å². The lowest BCUT2D eigenvalue weighted by Gasteiger charge is -2.15. The van der Waals surface area contributed by atoms with Crippen molar-refractivity contribution in [3.05, 3.63) is 112 Å². The van der Waals surface area contributed by atoms with E-state index in [9.17, 15) is 14.9 Å². The smallest absolute Gasteiger partial charge is 0.336 e. The van der Waals surface area contributed by atoms with Gasteiger partial charge in [-0.25, -0.2) is 4.79 Å². The first-order chi connectivity index (χ1) is 15.5. The molecule has 0 aliphatic heterocycles. The number of carbonyl (C=O) groups is 1. The van der Waals surface area contributed by atoms with Gasteiger partial charge in [-0.05, 0) is 29.8 Å². The summed E-state index contributed by atoms with van der Waals surface area (Å²) in [5.41, 5.74) is 2.36. The Bertz CT molecular complexity index is 1120. The molecule has 32 heavy (non-hydrogen) atoms. The molecule has 7 nitrogen and oxygen atoms in total. The zero-order valence-corrected chi connectivity index (χ0v) is 17.6. The van der Waals surface area contributed by atoms with E-state index in [-0.39, 0.29) is 11.4 Å². The zero-order valence-electron chi connectivity index (χ0n) is 17.6. The summed E-state index contributed by atoms with van der Waals surface area (Å²) in [6.07, 6.45) is 4.61. The standard InChI is InChI=1S/C25H21NO6/c1-30-23-11-5-3-8-21(23)20(22-9-4-6-12-24(22)31-2)10-7-13-25(27)32-19-16-14-18(15-17-19)26(28)29/h3-17H,1-2H3. The molecule has 7 heteroatoms. The van der Waals surface area contributed by atoms with Crippen LogP contribution in [-0.4, -0.2) is 25.1 Å². The number of hydrogen-bond acceptors (Lipinski definition) is 6. The van der Waals surface area contributed by atoms with E-state index in [0.717, 1.165) is 16.7 Å². The molecule has 0 unspecified atom stereocenters. The number of carbonyl (C=O) groups excluding carboxylic acids is 1. The molecule has 0 aliphatic carbocycles. The minimum Gasteiger partial charge on any atom is -0.496 e. The summed E-state index contributed by atoms with van der Waals surface area (Å²) < 4.78 is 16.2. The van der Waals surface area contributed by atoms with Crippen LogP contribution in [0.5, 0.6) is 17.2 Å². The first kappa shape index (κ1) is 22.3. The van der Waals surface area contributed by atoms with Crippen LogP contribution in [0.1, 0.15) is 11.1 Å². The molecule has 0 N–H and O–H groups in total. The second-order valence-electron chi connectivity index (χ2n) is 6.51. The lowest BCUT2D eigenvalue weighted by molar-refractivity contribution is -0.384. The number of benzene rings is 3. The molecule has 0 saturated heterocycles. The molecule has 0 fully saturated rings. The van der Waals surface area contributed by atoms with Crippen molar-refractivity contribution >= 4 is 17.2 Å². The van der Waals surface area contributed by atoms with Crippen molar-refractivity contribution in [2.24, 2.45) is 0 Å². The Labute approximate surface area is 185 Å². The summed E-state index contributed by atoms with van der Waals surface area (Å²) >= 11 is 0. The fraction of sp³-hybridized carbons (Fsp3) is 0.0800. The molecular weight excluding hydrogens is 410 g/mol. The number of nitro groups is 1. The molecule has 3 aromatic rings. The monoisotopic (exact) mass is 431 g/mol. The Hall–Kier alpha value is -4.39. The Morgan fingerprint density at radius 1 is 0.844 bits per heavy atom. The van der Waals surface area contributed by atoms with Gasteiger partial charge >= 0.3 is 5.97 Å². The maximum absolute atomic E-state index is 12.2. The van der Waals surface area contributed by atoms with Crippen LogP contribution in [0.25, 0.3) is 5.57 Å². The quantitative estimate of drug-likeness (QED) is 0.122. The van der Waals surface area contributed by atoms with Gasteiger partial charge in [-0.15, -0.1) is 0 Å². The van der Waals surface area contributed by atoms with E-state index in [0.29, 0.717) is 11.5 Å². The van der Waals surface area contributed by atoms with E-state index in [2.05, 4.69) is 0 Å². The van der Waals surface area contributed by atoms with Crippen LogP contribution in [-0.2, 0) is 4.79 Å². The maximum atomic E-state index is 12.2. The van der Waals surface area contributed by atoms with Gasteiger partial charge in [0.25, 0.3) is 5.69 Å². The number of hydrogen-bond donors (Lipinski definition) is 0. The van der Waals surface area contributed by atoms with Crippen LogP contribution < -0.4 is 14.2 Å². The molecule has 0 spiro atoms. The fourth-order valence-corrected chi connectivity index (χ4v) is 3.07. The molecule has 3 rings (SSSR count). The number of nitro benzene ring substituents is 1. The number of methoxy groups -OCH3 is 2. The second kappa shape index (κ2) is 10.6. The third kappa shape index (κ3) is 5.40. The number of rotatable bonds is 8. The second-order valence-corrected chi connectivity index (χ2v) is 6.51. The molecule has 0 radical (unpaired) electrons. The van der Waals surface area contributed by atoms with Crippen LogP contribution >= 0.6 is 0 Å².